The molecule has 3 aromatic rings. The molecule has 2 N–H and O–H groups in total. The number of aromatic carboxylic acids is 1. The molecule has 0 aromatic heterocycles. The maximum Gasteiger partial charge on any atom is 0.335 e. The minimum atomic E-state index is -0.993. The molecule has 3 heteroatoms. The largest absolute Gasteiger partial charge is 0.507 e. The topological polar surface area (TPSA) is 57.5 Å². The van der Waals surface area contributed by atoms with Gasteiger partial charge in [0.2, 0.25) is 0 Å². The van der Waals surface area contributed by atoms with Crippen LogP contribution in [0.15, 0.2) is 48.5 Å². The Morgan fingerprint density at radius 1 is 0.957 bits per heavy atom. The molecule has 0 radical (unpaired) electrons. The summed E-state index contributed by atoms with van der Waals surface area (Å²) in [6.07, 6.45) is 0. The van der Waals surface area contributed by atoms with E-state index in [1.165, 1.54) is 5.56 Å². The number of phenols is 1. The summed E-state index contributed by atoms with van der Waals surface area (Å²) in [5.41, 5.74) is 4.54. The lowest BCUT2D eigenvalue weighted by Gasteiger charge is -2.22. The Morgan fingerprint density at radius 3 is 2.43 bits per heavy atom. The van der Waals surface area contributed by atoms with Gasteiger partial charge in [-0.2, -0.15) is 0 Å². The Kier molecular flexibility index (Phi) is 2.62. The van der Waals surface area contributed by atoms with Crippen LogP contribution in [-0.2, 0) is 5.41 Å². The van der Waals surface area contributed by atoms with E-state index >= 15 is 0 Å². The fourth-order valence-electron chi connectivity index (χ4n) is 3.71. The van der Waals surface area contributed by atoms with Crippen LogP contribution in [0.1, 0.15) is 35.3 Å². The zero-order valence-electron chi connectivity index (χ0n) is 12.9. The van der Waals surface area contributed by atoms with E-state index in [4.69, 9.17) is 0 Å². The first-order valence-corrected chi connectivity index (χ1v) is 7.54. The number of benzene rings is 3. The standard InChI is InChI=1S/C20H16O3/c1-20(2)15-6-4-3-5-13(15)18-12-8-7-11(19(22)23)9-14(12)17(21)10-16(18)20/h3-10,21H,1-2H3,(H,22,23). The molecule has 114 valence electrons. The highest BCUT2D eigenvalue weighted by Gasteiger charge is 2.36. The van der Waals surface area contributed by atoms with Gasteiger partial charge in [0.25, 0.3) is 0 Å². The summed E-state index contributed by atoms with van der Waals surface area (Å²) in [7, 11) is 0. The number of fused-ring (bicyclic) bond motifs is 5. The van der Waals surface area contributed by atoms with E-state index in [-0.39, 0.29) is 16.7 Å². The molecule has 3 nitrogen and oxygen atoms in total. The molecule has 0 saturated heterocycles. The molecule has 0 bridgehead atoms. The Balaban J connectivity index is 2.16. The molecule has 0 heterocycles. The highest BCUT2D eigenvalue weighted by Crippen LogP contribution is 2.52. The monoisotopic (exact) mass is 304 g/mol. The molecular formula is C20H16O3. The summed E-state index contributed by atoms with van der Waals surface area (Å²) in [6, 6.07) is 15.0. The summed E-state index contributed by atoms with van der Waals surface area (Å²) in [6.45, 7) is 4.29. The number of rotatable bonds is 1. The number of aromatic hydroxyl groups is 1. The first kappa shape index (κ1) is 13.8. The van der Waals surface area contributed by atoms with Gasteiger partial charge in [-0.25, -0.2) is 4.79 Å². The molecule has 1 aliphatic carbocycles. The maximum absolute atomic E-state index is 11.2. The molecule has 0 fully saturated rings. The predicted octanol–water partition coefficient (Wildman–Crippen LogP) is 4.55. The van der Waals surface area contributed by atoms with E-state index in [2.05, 4.69) is 26.0 Å². The van der Waals surface area contributed by atoms with Gasteiger partial charge < -0.3 is 10.2 Å². The minimum absolute atomic E-state index is 0.128. The number of carboxylic acid groups (broad SMARTS) is 1. The number of hydrogen-bond acceptors (Lipinski definition) is 2. The van der Waals surface area contributed by atoms with Crippen molar-refractivity contribution < 1.29 is 15.0 Å². The smallest absolute Gasteiger partial charge is 0.335 e. The van der Waals surface area contributed by atoms with Gasteiger partial charge in [-0.1, -0.05) is 44.2 Å². The second kappa shape index (κ2) is 4.35. The molecule has 0 amide bonds. The van der Waals surface area contributed by atoms with Crippen molar-refractivity contribution in [2.75, 3.05) is 0 Å². The van der Waals surface area contributed by atoms with Crippen LogP contribution in [0, 0.1) is 0 Å². The van der Waals surface area contributed by atoms with Crippen LogP contribution in [0.4, 0.5) is 0 Å². The molecule has 1 aliphatic rings. The van der Waals surface area contributed by atoms with Crippen LogP contribution in [0.2, 0.25) is 0 Å². The van der Waals surface area contributed by atoms with Crippen LogP contribution in [-0.4, -0.2) is 16.2 Å². The highest BCUT2D eigenvalue weighted by molar-refractivity contribution is 6.07. The van der Waals surface area contributed by atoms with Gasteiger partial charge in [0.05, 0.1) is 5.56 Å². The summed E-state index contributed by atoms with van der Waals surface area (Å²) in [5, 5.41) is 21.1. The van der Waals surface area contributed by atoms with E-state index < -0.39 is 5.97 Å². The van der Waals surface area contributed by atoms with Crippen molar-refractivity contribution in [1.82, 2.24) is 0 Å². The lowest BCUT2D eigenvalue weighted by Crippen LogP contribution is -2.14. The number of hydrogen-bond donors (Lipinski definition) is 2. The van der Waals surface area contributed by atoms with Crippen LogP contribution >= 0.6 is 0 Å². The Bertz CT molecular complexity index is 984. The lowest BCUT2D eigenvalue weighted by atomic mass is 9.82. The average molecular weight is 304 g/mol. The van der Waals surface area contributed by atoms with Crippen molar-refractivity contribution in [1.29, 1.82) is 0 Å². The molecule has 0 spiro atoms. The molecule has 0 atom stereocenters. The third-order valence-electron chi connectivity index (χ3n) is 4.91. The number of carboxylic acids is 1. The molecular weight excluding hydrogens is 288 g/mol. The third-order valence-corrected chi connectivity index (χ3v) is 4.91. The average Bonchev–Trinajstić information content (AvgIpc) is 2.76. The number of phenolic OH excluding ortho intramolecular Hbond substituents is 1. The van der Waals surface area contributed by atoms with Crippen molar-refractivity contribution >= 4 is 16.7 Å². The SMILES string of the molecule is CC1(C)c2ccccc2-c2c1cc(O)c1cc(C(=O)O)ccc21. The summed E-state index contributed by atoms with van der Waals surface area (Å²) >= 11 is 0. The van der Waals surface area contributed by atoms with Crippen molar-refractivity contribution in [2.45, 2.75) is 19.3 Å². The predicted molar refractivity (Wildman–Crippen MR) is 90.1 cm³/mol. The van der Waals surface area contributed by atoms with Crippen molar-refractivity contribution in [3.8, 4) is 16.9 Å². The molecule has 4 rings (SSSR count). The Hall–Kier alpha value is -2.81. The van der Waals surface area contributed by atoms with Crippen LogP contribution in [0.3, 0.4) is 0 Å². The molecule has 23 heavy (non-hydrogen) atoms. The van der Waals surface area contributed by atoms with Gasteiger partial charge in [0.1, 0.15) is 5.75 Å². The van der Waals surface area contributed by atoms with Gasteiger partial charge in [-0.15, -0.1) is 0 Å². The van der Waals surface area contributed by atoms with E-state index in [0.717, 1.165) is 22.1 Å². The normalized spacial score (nSPS) is 14.5. The fourth-order valence-corrected chi connectivity index (χ4v) is 3.71. The van der Waals surface area contributed by atoms with Crippen molar-refractivity contribution in [2.24, 2.45) is 0 Å². The third kappa shape index (κ3) is 1.73. The Labute approximate surface area is 133 Å². The van der Waals surface area contributed by atoms with E-state index in [9.17, 15) is 15.0 Å². The highest BCUT2D eigenvalue weighted by atomic mass is 16.4. The van der Waals surface area contributed by atoms with Crippen LogP contribution < -0.4 is 0 Å². The van der Waals surface area contributed by atoms with E-state index in [1.54, 1.807) is 24.3 Å². The van der Waals surface area contributed by atoms with Gasteiger partial charge in [-0.3, -0.25) is 0 Å². The van der Waals surface area contributed by atoms with Crippen LogP contribution in [0.25, 0.3) is 21.9 Å². The second-order valence-corrected chi connectivity index (χ2v) is 6.55. The molecule has 0 unspecified atom stereocenters. The minimum Gasteiger partial charge on any atom is -0.507 e. The Morgan fingerprint density at radius 2 is 1.70 bits per heavy atom. The summed E-state index contributed by atoms with van der Waals surface area (Å²) in [5.74, 6) is -0.866. The first-order valence-electron chi connectivity index (χ1n) is 7.54. The maximum atomic E-state index is 11.2. The summed E-state index contributed by atoms with van der Waals surface area (Å²) < 4.78 is 0. The lowest BCUT2D eigenvalue weighted by molar-refractivity contribution is 0.0697. The first-order chi connectivity index (χ1) is 10.9. The van der Waals surface area contributed by atoms with Gasteiger partial charge in [-0.05, 0) is 45.8 Å². The second-order valence-electron chi connectivity index (χ2n) is 6.55. The zero-order valence-corrected chi connectivity index (χ0v) is 12.9. The van der Waals surface area contributed by atoms with E-state index in [1.807, 2.05) is 12.1 Å². The quantitative estimate of drug-likeness (QED) is 0.693. The van der Waals surface area contributed by atoms with Crippen LogP contribution in [0.5, 0.6) is 5.75 Å². The number of carbonyl (C=O) groups is 1. The molecule has 0 aliphatic heterocycles. The van der Waals surface area contributed by atoms with Gasteiger partial charge in [0, 0.05) is 10.8 Å². The molecule has 3 aromatic carbocycles. The van der Waals surface area contributed by atoms with E-state index in [0.29, 0.717) is 5.39 Å². The van der Waals surface area contributed by atoms with Gasteiger partial charge >= 0.3 is 5.97 Å². The van der Waals surface area contributed by atoms with Gasteiger partial charge in [0.15, 0.2) is 0 Å². The fraction of sp³-hybridized carbons (Fsp3) is 0.150. The van der Waals surface area contributed by atoms with Crippen molar-refractivity contribution in [3.05, 3.63) is 65.2 Å². The summed E-state index contributed by atoms with van der Waals surface area (Å²) in [4.78, 5) is 11.2. The zero-order chi connectivity index (χ0) is 16.4. The molecule has 0 saturated carbocycles. The van der Waals surface area contributed by atoms with Crippen molar-refractivity contribution in [3.63, 3.8) is 0 Å².